The van der Waals surface area contributed by atoms with E-state index in [0.717, 1.165) is 0 Å². The normalized spacial score (nSPS) is 20.3. The van der Waals surface area contributed by atoms with Crippen LogP contribution in [0.1, 0.15) is 41.5 Å². The third kappa shape index (κ3) is 8.01. The highest BCUT2D eigenvalue weighted by Gasteiger charge is 2.45. The molecule has 174 valence electrons. The van der Waals surface area contributed by atoms with Crippen molar-refractivity contribution in [3.8, 4) is 0 Å². The van der Waals surface area contributed by atoms with Crippen LogP contribution in [0.3, 0.4) is 0 Å². The molecule has 0 spiro atoms. The molecule has 1 aliphatic rings. The van der Waals surface area contributed by atoms with E-state index in [1.165, 1.54) is 6.08 Å². The second-order valence-electron chi connectivity index (χ2n) is 10.2. The summed E-state index contributed by atoms with van der Waals surface area (Å²) < 4.78 is 17.8. The van der Waals surface area contributed by atoms with E-state index in [9.17, 15) is 14.7 Å². The molecule has 0 aromatic carbocycles. The Morgan fingerprint density at radius 2 is 1.90 bits per heavy atom. The molecule has 1 heterocycles. The number of amides is 2. The van der Waals surface area contributed by atoms with Gasteiger partial charge in [0.1, 0.15) is 11.7 Å². The van der Waals surface area contributed by atoms with Crippen molar-refractivity contribution in [3.05, 3.63) is 12.7 Å². The maximum atomic E-state index is 13.0. The highest BCUT2D eigenvalue weighted by atomic mass is 28.4. The first kappa shape index (κ1) is 26.6. The van der Waals surface area contributed by atoms with Crippen molar-refractivity contribution in [2.24, 2.45) is 0 Å². The van der Waals surface area contributed by atoms with Crippen molar-refractivity contribution in [1.82, 2.24) is 10.2 Å². The van der Waals surface area contributed by atoms with Gasteiger partial charge >= 0.3 is 6.09 Å². The number of morpholine rings is 1. The predicted molar refractivity (Wildman–Crippen MR) is 119 cm³/mol. The lowest BCUT2D eigenvalue weighted by atomic mass is 10.1. The fourth-order valence-electron chi connectivity index (χ4n) is 2.53. The summed E-state index contributed by atoms with van der Waals surface area (Å²) in [4.78, 5) is 27.1. The number of hydrogen-bond acceptors (Lipinski definition) is 6. The van der Waals surface area contributed by atoms with E-state index in [2.05, 4.69) is 45.8 Å². The van der Waals surface area contributed by atoms with E-state index < -0.39 is 38.3 Å². The Hall–Kier alpha value is -1.42. The molecule has 1 saturated heterocycles. The molecule has 3 atom stereocenters. The number of carbonyl (C=O) groups is 2. The van der Waals surface area contributed by atoms with Crippen molar-refractivity contribution in [2.75, 3.05) is 26.2 Å². The van der Waals surface area contributed by atoms with Crippen LogP contribution in [0.15, 0.2) is 12.7 Å². The molecule has 0 aromatic heterocycles. The largest absolute Gasteiger partial charge is 0.444 e. The molecule has 9 heteroatoms. The van der Waals surface area contributed by atoms with Crippen molar-refractivity contribution in [1.29, 1.82) is 0 Å². The molecule has 0 bridgehead atoms. The van der Waals surface area contributed by atoms with Gasteiger partial charge < -0.3 is 29.2 Å². The van der Waals surface area contributed by atoms with Gasteiger partial charge in [0.05, 0.1) is 19.3 Å². The lowest BCUT2D eigenvalue weighted by Crippen LogP contribution is -2.59. The summed E-state index contributed by atoms with van der Waals surface area (Å²) >= 11 is 0. The average Bonchev–Trinajstić information content (AvgIpc) is 2.61. The zero-order valence-corrected chi connectivity index (χ0v) is 20.8. The van der Waals surface area contributed by atoms with Crippen molar-refractivity contribution in [3.63, 3.8) is 0 Å². The minimum Gasteiger partial charge on any atom is -0.444 e. The van der Waals surface area contributed by atoms with E-state index in [0.29, 0.717) is 6.54 Å². The van der Waals surface area contributed by atoms with Gasteiger partial charge in [0.15, 0.2) is 14.4 Å². The minimum absolute atomic E-state index is 0.0300. The van der Waals surface area contributed by atoms with E-state index in [1.54, 1.807) is 4.90 Å². The summed E-state index contributed by atoms with van der Waals surface area (Å²) in [5, 5.41) is 12.3. The third-order valence-electron chi connectivity index (χ3n) is 5.33. The first-order valence-electron chi connectivity index (χ1n) is 10.4. The Morgan fingerprint density at radius 3 is 2.40 bits per heavy atom. The summed E-state index contributed by atoms with van der Waals surface area (Å²) in [6.07, 6.45) is -1.49. The standard InChI is InChI=1S/C21H40N2O6Si/c1-10-15(24)13-22-18(25)17(29-30(8,9)21(5,6)7)16-14-23(11-12-27-16)19(26)28-20(2,3)4/h10,15-17,24H,1,11-14H2,2-9H3,(H,22,25)/t15?,16-,17?/m1/s1. The fraction of sp³-hybridized carbons (Fsp3) is 0.810. The fourth-order valence-corrected chi connectivity index (χ4v) is 3.78. The van der Waals surface area contributed by atoms with Crippen LogP contribution in [0.4, 0.5) is 4.79 Å². The molecule has 0 aromatic rings. The lowest BCUT2D eigenvalue weighted by molar-refractivity contribution is -0.142. The maximum Gasteiger partial charge on any atom is 0.410 e. The molecule has 0 aliphatic carbocycles. The van der Waals surface area contributed by atoms with E-state index >= 15 is 0 Å². The SMILES string of the molecule is C=CC(O)CNC(=O)C(O[Si](C)(C)C(C)(C)C)[C@H]1CN(C(=O)OC(C)(C)C)CCO1. The van der Waals surface area contributed by atoms with Gasteiger partial charge in [-0.2, -0.15) is 0 Å². The lowest BCUT2D eigenvalue weighted by Gasteiger charge is -2.43. The molecule has 1 aliphatic heterocycles. The molecular weight excluding hydrogens is 404 g/mol. The molecule has 2 amide bonds. The Balaban J connectivity index is 3.03. The second-order valence-corrected chi connectivity index (χ2v) is 14.9. The predicted octanol–water partition coefficient (Wildman–Crippen LogP) is 2.68. The summed E-state index contributed by atoms with van der Waals surface area (Å²) in [7, 11) is -2.32. The molecule has 30 heavy (non-hydrogen) atoms. The van der Waals surface area contributed by atoms with Crippen LogP contribution in [0.25, 0.3) is 0 Å². The first-order chi connectivity index (χ1) is 13.6. The third-order valence-corrected chi connectivity index (χ3v) is 9.78. The first-order valence-corrected chi connectivity index (χ1v) is 13.3. The Labute approximate surface area is 182 Å². The van der Waals surface area contributed by atoms with Crippen LogP contribution in [-0.4, -0.2) is 80.5 Å². The molecule has 8 nitrogen and oxygen atoms in total. The van der Waals surface area contributed by atoms with Gasteiger partial charge in [-0.1, -0.05) is 26.8 Å². The molecular formula is C21H40N2O6Si. The van der Waals surface area contributed by atoms with Crippen LogP contribution in [0, 0.1) is 0 Å². The van der Waals surface area contributed by atoms with Crippen molar-refractivity contribution < 1.29 is 28.6 Å². The molecule has 0 saturated carbocycles. The number of nitrogens with one attached hydrogen (secondary N) is 1. The van der Waals surface area contributed by atoms with E-state index in [4.69, 9.17) is 13.9 Å². The molecule has 1 rings (SSSR count). The number of hydrogen-bond donors (Lipinski definition) is 2. The second kappa shape index (κ2) is 10.3. The summed E-state index contributed by atoms with van der Waals surface area (Å²) in [5.41, 5.74) is -0.611. The van der Waals surface area contributed by atoms with E-state index in [1.807, 2.05) is 20.8 Å². The van der Waals surface area contributed by atoms with Crippen LogP contribution in [-0.2, 0) is 18.7 Å². The number of aliphatic hydroxyl groups excluding tert-OH is 1. The Kier molecular flexibility index (Phi) is 9.10. The maximum absolute atomic E-state index is 13.0. The number of ether oxygens (including phenoxy) is 2. The summed E-state index contributed by atoms with van der Waals surface area (Å²) in [6, 6.07) is 0. The molecule has 2 unspecified atom stereocenters. The summed E-state index contributed by atoms with van der Waals surface area (Å²) in [6.45, 7) is 20.2. The van der Waals surface area contributed by atoms with Gasteiger partial charge in [-0.15, -0.1) is 6.58 Å². The van der Waals surface area contributed by atoms with E-state index in [-0.39, 0.29) is 30.6 Å². The van der Waals surface area contributed by atoms with Crippen molar-refractivity contribution in [2.45, 2.75) is 83.6 Å². The number of aliphatic hydroxyl groups is 1. The van der Waals surface area contributed by atoms with Crippen LogP contribution in [0.5, 0.6) is 0 Å². The molecule has 1 fully saturated rings. The van der Waals surface area contributed by atoms with Gasteiger partial charge in [0, 0.05) is 13.1 Å². The highest BCUT2D eigenvalue weighted by Crippen LogP contribution is 2.38. The number of carbonyl (C=O) groups excluding carboxylic acids is 2. The number of nitrogens with zero attached hydrogens (tertiary/aromatic N) is 1. The van der Waals surface area contributed by atoms with Crippen LogP contribution >= 0.6 is 0 Å². The minimum atomic E-state index is -2.32. The smallest absolute Gasteiger partial charge is 0.410 e. The van der Waals surface area contributed by atoms with Gasteiger partial charge in [0.25, 0.3) is 5.91 Å². The summed E-state index contributed by atoms with van der Waals surface area (Å²) in [5.74, 6) is -0.378. The van der Waals surface area contributed by atoms with Crippen LogP contribution < -0.4 is 5.32 Å². The Morgan fingerprint density at radius 1 is 1.30 bits per heavy atom. The zero-order valence-electron chi connectivity index (χ0n) is 19.8. The topological polar surface area (TPSA) is 97.3 Å². The number of rotatable bonds is 7. The van der Waals surface area contributed by atoms with Gasteiger partial charge in [-0.3, -0.25) is 4.79 Å². The van der Waals surface area contributed by atoms with Gasteiger partial charge in [-0.05, 0) is 38.9 Å². The Bertz CT molecular complexity index is 612. The van der Waals surface area contributed by atoms with Gasteiger partial charge in [-0.25, -0.2) is 4.79 Å². The average molecular weight is 445 g/mol. The van der Waals surface area contributed by atoms with Crippen molar-refractivity contribution >= 4 is 20.3 Å². The monoisotopic (exact) mass is 444 g/mol. The van der Waals surface area contributed by atoms with Crippen LogP contribution in [0.2, 0.25) is 18.1 Å². The van der Waals surface area contributed by atoms with Gasteiger partial charge in [0.2, 0.25) is 0 Å². The molecule has 0 radical (unpaired) electrons. The highest BCUT2D eigenvalue weighted by molar-refractivity contribution is 6.74. The zero-order chi connectivity index (χ0) is 23.3. The quantitative estimate of drug-likeness (QED) is 0.463. The molecule has 2 N–H and O–H groups in total.